The van der Waals surface area contributed by atoms with Gasteiger partial charge in [-0.15, -0.1) is 0 Å². The minimum Gasteiger partial charge on any atom is -0.316 e. The molecule has 0 fully saturated rings. The zero-order valence-corrected chi connectivity index (χ0v) is 17.2. The fourth-order valence-electron chi connectivity index (χ4n) is 4.29. The number of benzene rings is 4. The third kappa shape index (κ3) is 2.55. The summed E-state index contributed by atoms with van der Waals surface area (Å²) in [4.78, 5) is 0. The van der Waals surface area contributed by atoms with Crippen LogP contribution in [-0.4, -0.2) is 9.13 Å². The summed E-state index contributed by atoms with van der Waals surface area (Å²) in [6, 6.07) is 34.5. The molecule has 0 saturated carbocycles. The number of nitrogens with zero attached hydrogens (tertiary/aromatic N) is 2. The molecule has 0 radical (unpaired) electrons. The molecule has 0 aliphatic rings. The molecule has 29 heavy (non-hydrogen) atoms. The molecule has 0 bridgehead atoms. The van der Waals surface area contributed by atoms with E-state index in [1.165, 1.54) is 44.1 Å². The van der Waals surface area contributed by atoms with Crippen LogP contribution in [0, 0.1) is 0 Å². The molecule has 0 spiro atoms. The summed E-state index contributed by atoms with van der Waals surface area (Å²) in [6.07, 6.45) is 2.16. The van der Waals surface area contributed by atoms with Crippen LogP contribution in [0.5, 0.6) is 0 Å². The first-order valence-electron chi connectivity index (χ1n) is 9.65. The van der Waals surface area contributed by atoms with Crippen LogP contribution in [-0.2, 0) is 0 Å². The molecule has 0 N–H and O–H groups in total. The molecule has 2 nitrogen and oxygen atoms in total. The van der Waals surface area contributed by atoms with Crippen molar-refractivity contribution in [2.75, 3.05) is 0 Å². The quantitative estimate of drug-likeness (QED) is 0.266. The summed E-state index contributed by atoms with van der Waals surface area (Å²) in [7, 11) is 0. The van der Waals surface area contributed by atoms with Gasteiger partial charge in [-0.25, -0.2) is 0 Å². The summed E-state index contributed by atoms with van der Waals surface area (Å²) >= 11 is 3.65. The van der Waals surface area contributed by atoms with Crippen LogP contribution in [0.1, 0.15) is 0 Å². The highest BCUT2D eigenvalue weighted by Gasteiger charge is 2.15. The predicted octanol–water partition coefficient (Wildman–Crippen LogP) is 7.49. The normalized spacial score (nSPS) is 11.6. The van der Waals surface area contributed by atoms with E-state index in [1.807, 2.05) is 0 Å². The van der Waals surface area contributed by atoms with Crippen LogP contribution in [0.3, 0.4) is 0 Å². The predicted molar refractivity (Wildman–Crippen MR) is 125 cm³/mol. The van der Waals surface area contributed by atoms with Crippen molar-refractivity contribution in [3.63, 3.8) is 0 Å². The minimum atomic E-state index is 1.10. The van der Waals surface area contributed by atoms with Crippen molar-refractivity contribution in [1.82, 2.24) is 9.13 Å². The minimum absolute atomic E-state index is 1.10. The molecule has 2 aromatic heterocycles. The highest BCUT2D eigenvalue weighted by molar-refractivity contribution is 9.10. The average Bonchev–Trinajstić information content (AvgIpc) is 3.32. The lowest BCUT2D eigenvalue weighted by Gasteiger charge is -2.09. The van der Waals surface area contributed by atoms with Gasteiger partial charge < -0.3 is 9.13 Å². The Kier molecular flexibility index (Phi) is 3.65. The molecule has 0 saturated heterocycles. The van der Waals surface area contributed by atoms with E-state index < -0.39 is 0 Å². The number of halogens is 1. The van der Waals surface area contributed by atoms with Gasteiger partial charge in [0.25, 0.3) is 0 Å². The third-order valence-electron chi connectivity index (χ3n) is 5.59. The molecule has 138 valence electrons. The Labute approximate surface area is 176 Å². The van der Waals surface area contributed by atoms with E-state index in [1.54, 1.807) is 0 Å². The Bertz CT molecular complexity index is 1490. The molecule has 2 heterocycles. The summed E-state index contributed by atoms with van der Waals surface area (Å²) in [5.74, 6) is 0. The van der Waals surface area contributed by atoms with E-state index in [9.17, 15) is 0 Å². The van der Waals surface area contributed by atoms with Crippen LogP contribution in [0.15, 0.2) is 108 Å². The number of fused-ring (bicyclic) bond motifs is 4. The van der Waals surface area contributed by atoms with Crippen LogP contribution in [0.2, 0.25) is 0 Å². The summed E-state index contributed by atoms with van der Waals surface area (Å²) in [6.45, 7) is 0. The average molecular weight is 437 g/mol. The van der Waals surface area contributed by atoms with Gasteiger partial charge in [0.1, 0.15) is 0 Å². The van der Waals surface area contributed by atoms with E-state index in [2.05, 4.69) is 128 Å². The Morgan fingerprint density at radius 3 is 2.00 bits per heavy atom. The Hall–Kier alpha value is -3.30. The number of hydrogen-bond acceptors (Lipinski definition) is 0. The Balaban J connectivity index is 1.76. The maximum absolute atomic E-state index is 3.65. The Morgan fingerprint density at radius 1 is 0.552 bits per heavy atom. The fourth-order valence-corrected chi connectivity index (χ4v) is 4.65. The molecule has 0 aliphatic carbocycles. The second-order valence-electron chi connectivity index (χ2n) is 7.28. The molecule has 0 unspecified atom stereocenters. The van der Waals surface area contributed by atoms with Gasteiger partial charge >= 0.3 is 0 Å². The molecule has 0 atom stereocenters. The summed E-state index contributed by atoms with van der Waals surface area (Å²) in [5, 5.41) is 3.77. The van der Waals surface area contributed by atoms with Crippen molar-refractivity contribution < 1.29 is 0 Å². The lowest BCUT2D eigenvalue weighted by atomic mass is 10.1. The van der Waals surface area contributed by atoms with Crippen LogP contribution < -0.4 is 0 Å². The van der Waals surface area contributed by atoms with Crippen LogP contribution in [0.25, 0.3) is 44.1 Å². The molecule has 6 rings (SSSR count). The molecule has 0 aliphatic heterocycles. The second-order valence-corrected chi connectivity index (χ2v) is 8.20. The first kappa shape index (κ1) is 16.6. The van der Waals surface area contributed by atoms with Gasteiger partial charge in [-0.05, 0) is 60.7 Å². The molecule has 4 aromatic carbocycles. The van der Waals surface area contributed by atoms with Gasteiger partial charge in [-0.3, -0.25) is 0 Å². The van der Waals surface area contributed by atoms with E-state index in [0.717, 1.165) is 4.47 Å². The zero-order valence-electron chi connectivity index (χ0n) is 15.6. The molecule has 0 amide bonds. The largest absolute Gasteiger partial charge is 0.316 e. The van der Waals surface area contributed by atoms with E-state index >= 15 is 0 Å². The van der Waals surface area contributed by atoms with Gasteiger partial charge in [0, 0.05) is 38.2 Å². The van der Waals surface area contributed by atoms with Crippen LogP contribution >= 0.6 is 15.9 Å². The van der Waals surface area contributed by atoms with Crippen molar-refractivity contribution in [1.29, 1.82) is 0 Å². The topological polar surface area (TPSA) is 9.86 Å². The smallest absolute Gasteiger partial charge is 0.0562 e. The van der Waals surface area contributed by atoms with Crippen molar-refractivity contribution in [2.45, 2.75) is 0 Å². The second kappa shape index (κ2) is 6.36. The lowest BCUT2D eigenvalue weighted by molar-refractivity contribution is 1.12. The van der Waals surface area contributed by atoms with Gasteiger partial charge in [-0.1, -0.05) is 52.3 Å². The highest BCUT2D eigenvalue weighted by atomic mass is 79.9. The highest BCUT2D eigenvalue weighted by Crippen LogP contribution is 2.36. The van der Waals surface area contributed by atoms with Crippen LogP contribution in [0.4, 0.5) is 0 Å². The summed E-state index contributed by atoms with van der Waals surface area (Å²) < 4.78 is 5.72. The molecule has 3 heteroatoms. The van der Waals surface area contributed by atoms with Crippen molar-refractivity contribution >= 4 is 48.6 Å². The summed E-state index contributed by atoms with van der Waals surface area (Å²) in [5.41, 5.74) is 5.99. The molecular formula is C26H17BrN2. The van der Waals surface area contributed by atoms with E-state index in [4.69, 9.17) is 0 Å². The number of para-hydroxylation sites is 2. The third-order valence-corrected chi connectivity index (χ3v) is 6.08. The van der Waals surface area contributed by atoms with Crippen molar-refractivity contribution in [3.8, 4) is 11.4 Å². The van der Waals surface area contributed by atoms with Gasteiger partial charge in [-0.2, -0.15) is 0 Å². The maximum Gasteiger partial charge on any atom is 0.0562 e. The standard InChI is InChI=1S/C26H17BrN2/c27-19-11-12-24-23(16-19)22-15-18-13-14-28(20-7-3-1-4-8-20)25(18)17-26(22)29(24)21-9-5-2-6-10-21/h1-17H. The monoisotopic (exact) mass is 436 g/mol. The molecule has 6 aromatic rings. The fraction of sp³-hybridized carbons (Fsp3) is 0. The van der Waals surface area contributed by atoms with Gasteiger partial charge in [0.15, 0.2) is 0 Å². The first-order valence-corrected chi connectivity index (χ1v) is 10.4. The number of aromatic nitrogens is 2. The van der Waals surface area contributed by atoms with Gasteiger partial charge in [0.05, 0.1) is 16.6 Å². The zero-order chi connectivity index (χ0) is 19.4. The first-order chi connectivity index (χ1) is 14.3. The number of hydrogen-bond donors (Lipinski definition) is 0. The molecular weight excluding hydrogens is 420 g/mol. The Morgan fingerprint density at radius 2 is 1.24 bits per heavy atom. The van der Waals surface area contributed by atoms with Crippen molar-refractivity contribution in [3.05, 3.63) is 108 Å². The number of rotatable bonds is 2. The van der Waals surface area contributed by atoms with Gasteiger partial charge in [0.2, 0.25) is 0 Å². The SMILES string of the molecule is Brc1ccc2c(c1)c1cc3ccn(-c4ccccc4)c3cc1n2-c1ccccc1. The lowest BCUT2D eigenvalue weighted by Crippen LogP contribution is -1.94. The van der Waals surface area contributed by atoms with Crippen molar-refractivity contribution in [2.24, 2.45) is 0 Å². The maximum atomic E-state index is 3.65. The van der Waals surface area contributed by atoms with E-state index in [-0.39, 0.29) is 0 Å². The van der Waals surface area contributed by atoms with E-state index in [0.29, 0.717) is 0 Å².